The summed E-state index contributed by atoms with van der Waals surface area (Å²) in [4.78, 5) is 6.36. The third kappa shape index (κ3) is 3.90. The molecule has 0 unspecified atom stereocenters. The minimum Gasteiger partial charge on any atom is -0.508 e. The first-order valence-electron chi connectivity index (χ1n) is 8.88. The monoisotopic (exact) mass is 350 g/mol. The number of aromatic nitrogens is 2. The summed E-state index contributed by atoms with van der Waals surface area (Å²) in [5, 5.41) is 11.7. The number of hydrogen-bond acceptors (Lipinski definition) is 3. The van der Waals surface area contributed by atoms with Gasteiger partial charge < -0.3 is 26.5 Å². The molecule has 2 heterocycles. The van der Waals surface area contributed by atoms with Crippen LogP contribution in [0, 0.1) is 6.92 Å². The number of hydrogen-bond donors (Lipinski definition) is 5. The summed E-state index contributed by atoms with van der Waals surface area (Å²) in [6.07, 6.45) is 5.81. The Hall–Kier alpha value is -2.76. The molecule has 0 aliphatic heterocycles. The van der Waals surface area contributed by atoms with Crippen LogP contribution in [0.4, 0.5) is 0 Å². The second-order valence-electron chi connectivity index (χ2n) is 6.48. The molecule has 0 radical (unpaired) electrons. The molecule has 0 atom stereocenters. The summed E-state index contributed by atoms with van der Waals surface area (Å²) in [7, 11) is 0. The van der Waals surface area contributed by atoms with Crippen LogP contribution in [0.5, 0.6) is 5.75 Å². The van der Waals surface area contributed by atoms with Crippen molar-refractivity contribution in [1.82, 2.24) is 9.97 Å². The van der Waals surface area contributed by atoms with Crippen molar-refractivity contribution in [2.75, 3.05) is 13.1 Å². The second-order valence-corrected chi connectivity index (χ2v) is 6.48. The molecule has 4 aromatic rings. The lowest BCUT2D eigenvalue weighted by Crippen LogP contribution is -2.01. The van der Waals surface area contributed by atoms with Gasteiger partial charge in [0.1, 0.15) is 5.75 Å². The molecule has 0 bridgehead atoms. The fourth-order valence-corrected chi connectivity index (χ4v) is 3.20. The van der Waals surface area contributed by atoms with Crippen LogP contribution in [0.2, 0.25) is 0 Å². The van der Waals surface area contributed by atoms with Crippen LogP contribution in [0.3, 0.4) is 0 Å². The Labute approximate surface area is 153 Å². The normalized spacial score (nSPS) is 10.9. The molecule has 0 fully saturated rings. The molecule has 0 aliphatic rings. The summed E-state index contributed by atoms with van der Waals surface area (Å²) in [5.74, 6) is 0.286. The van der Waals surface area contributed by atoms with Crippen LogP contribution >= 0.6 is 0 Å². The number of fused-ring (bicyclic) bond motifs is 2. The van der Waals surface area contributed by atoms with Gasteiger partial charge in [-0.2, -0.15) is 0 Å². The van der Waals surface area contributed by atoms with Crippen LogP contribution in [-0.4, -0.2) is 28.2 Å². The van der Waals surface area contributed by atoms with Gasteiger partial charge in [-0.15, -0.1) is 0 Å². The number of aromatic hydroxyl groups is 1. The lowest BCUT2D eigenvalue weighted by atomic mass is 10.1. The zero-order valence-corrected chi connectivity index (χ0v) is 15.0. The van der Waals surface area contributed by atoms with Gasteiger partial charge in [-0.3, -0.25) is 0 Å². The van der Waals surface area contributed by atoms with E-state index >= 15 is 0 Å². The van der Waals surface area contributed by atoms with Gasteiger partial charge in [-0.1, -0.05) is 12.1 Å². The summed E-state index contributed by atoms with van der Waals surface area (Å²) in [6, 6.07) is 11.8. The van der Waals surface area contributed by atoms with E-state index in [1.165, 1.54) is 27.6 Å². The lowest BCUT2D eigenvalue weighted by Gasteiger charge is -1.96. The maximum absolute atomic E-state index is 9.22. The summed E-state index contributed by atoms with van der Waals surface area (Å²) < 4.78 is 0. The van der Waals surface area contributed by atoms with E-state index in [1.807, 2.05) is 12.3 Å². The van der Waals surface area contributed by atoms with Gasteiger partial charge in [-0.05, 0) is 67.7 Å². The van der Waals surface area contributed by atoms with Crippen molar-refractivity contribution >= 4 is 21.8 Å². The van der Waals surface area contributed by atoms with Gasteiger partial charge in [-0.25, -0.2) is 0 Å². The topological polar surface area (TPSA) is 104 Å². The number of phenols is 1. The summed E-state index contributed by atoms with van der Waals surface area (Å²) in [6.45, 7) is 3.46. The Bertz CT molecular complexity index is 918. The predicted molar refractivity (Wildman–Crippen MR) is 109 cm³/mol. The molecule has 2 aromatic heterocycles. The zero-order valence-electron chi connectivity index (χ0n) is 15.0. The quantitative estimate of drug-likeness (QED) is 0.390. The highest BCUT2D eigenvalue weighted by atomic mass is 16.3. The SMILES string of the molecule is Cc1ccc2c(CCN)c[nH]c2c1.NCCc1c[nH]c2cc(O)ccc12. The first-order valence-corrected chi connectivity index (χ1v) is 8.88. The van der Waals surface area contributed by atoms with Crippen molar-refractivity contribution in [2.45, 2.75) is 19.8 Å². The lowest BCUT2D eigenvalue weighted by molar-refractivity contribution is 0.476. The number of nitrogens with one attached hydrogen (secondary N) is 2. The molecule has 0 amide bonds. The van der Waals surface area contributed by atoms with E-state index in [1.54, 1.807) is 12.1 Å². The van der Waals surface area contributed by atoms with Crippen molar-refractivity contribution in [3.63, 3.8) is 0 Å². The molecule has 4 rings (SSSR count). The molecule has 0 saturated heterocycles. The maximum Gasteiger partial charge on any atom is 0.117 e. The first-order chi connectivity index (χ1) is 12.6. The highest BCUT2D eigenvalue weighted by Gasteiger charge is 2.03. The van der Waals surface area contributed by atoms with Gasteiger partial charge in [0.15, 0.2) is 0 Å². The van der Waals surface area contributed by atoms with Crippen LogP contribution in [0.15, 0.2) is 48.8 Å². The predicted octanol–water partition coefficient (Wildman–Crippen LogP) is 3.35. The maximum atomic E-state index is 9.22. The molecule has 0 spiro atoms. The largest absolute Gasteiger partial charge is 0.508 e. The molecule has 5 heteroatoms. The van der Waals surface area contributed by atoms with E-state index in [9.17, 15) is 5.11 Å². The molecule has 0 aliphatic carbocycles. The number of aromatic amines is 2. The Morgan fingerprint density at radius 3 is 1.92 bits per heavy atom. The van der Waals surface area contributed by atoms with Crippen LogP contribution in [0.25, 0.3) is 21.8 Å². The molecular formula is C21H26N4O. The number of rotatable bonds is 4. The van der Waals surface area contributed by atoms with Crippen molar-refractivity contribution in [1.29, 1.82) is 0 Å². The minimum absolute atomic E-state index is 0.286. The van der Waals surface area contributed by atoms with Gasteiger partial charge in [0.25, 0.3) is 0 Å². The molecule has 0 saturated carbocycles. The van der Waals surface area contributed by atoms with E-state index in [4.69, 9.17) is 11.5 Å². The van der Waals surface area contributed by atoms with Crippen molar-refractivity contribution in [3.05, 3.63) is 65.5 Å². The standard InChI is InChI=1S/C11H14N2.C10H12N2O/c1-8-2-3-10-9(4-5-12)7-13-11(10)6-8;11-4-3-7-6-12-10-5-8(13)1-2-9(7)10/h2-3,6-7,13H,4-5,12H2,1H3;1-2,5-6,12-13H,3-4,11H2. The third-order valence-electron chi connectivity index (χ3n) is 4.50. The van der Waals surface area contributed by atoms with Crippen molar-refractivity contribution < 1.29 is 5.11 Å². The highest BCUT2D eigenvalue weighted by Crippen LogP contribution is 2.22. The molecule has 2 aromatic carbocycles. The van der Waals surface area contributed by atoms with Gasteiger partial charge >= 0.3 is 0 Å². The fraction of sp³-hybridized carbons (Fsp3) is 0.238. The summed E-state index contributed by atoms with van der Waals surface area (Å²) in [5.41, 5.74) is 17.0. The van der Waals surface area contributed by atoms with E-state index in [-0.39, 0.29) is 5.75 Å². The van der Waals surface area contributed by atoms with Gasteiger partial charge in [0.05, 0.1) is 0 Å². The van der Waals surface area contributed by atoms with E-state index in [2.05, 4.69) is 41.3 Å². The number of nitrogens with two attached hydrogens (primary N) is 2. The smallest absolute Gasteiger partial charge is 0.117 e. The fourth-order valence-electron chi connectivity index (χ4n) is 3.20. The number of phenolic OH excluding ortho intramolecular Hbond substituents is 1. The van der Waals surface area contributed by atoms with E-state index in [0.717, 1.165) is 23.7 Å². The number of H-pyrrole nitrogens is 2. The van der Waals surface area contributed by atoms with Crippen LogP contribution in [0.1, 0.15) is 16.7 Å². The van der Waals surface area contributed by atoms with Gasteiger partial charge in [0.2, 0.25) is 0 Å². The van der Waals surface area contributed by atoms with Crippen LogP contribution in [-0.2, 0) is 12.8 Å². The molecular weight excluding hydrogens is 324 g/mol. The number of aryl methyl sites for hydroxylation is 1. The molecule has 5 nitrogen and oxygen atoms in total. The molecule has 26 heavy (non-hydrogen) atoms. The second kappa shape index (κ2) is 8.08. The average molecular weight is 350 g/mol. The Kier molecular flexibility index (Phi) is 5.61. The Morgan fingerprint density at radius 1 is 0.808 bits per heavy atom. The summed E-state index contributed by atoms with van der Waals surface area (Å²) >= 11 is 0. The first kappa shape index (κ1) is 18.0. The van der Waals surface area contributed by atoms with Crippen molar-refractivity contribution in [2.24, 2.45) is 11.5 Å². The van der Waals surface area contributed by atoms with Gasteiger partial charge in [0, 0.05) is 40.3 Å². The molecule has 7 N–H and O–H groups in total. The molecule has 136 valence electrons. The minimum atomic E-state index is 0.286. The van der Waals surface area contributed by atoms with Crippen molar-refractivity contribution in [3.8, 4) is 5.75 Å². The Balaban J connectivity index is 0.000000151. The van der Waals surface area contributed by atoms with E-state index < -0.39 is 0 Å². The number of benzene rings is 2. The average Bonchev–Trinajstić information content (AvgIpc) is 3.20. The van der Waals surface area contributed by atoms with E-state index in [0.29, 0.717) is 13.1 Å². The highest BCUT2D eigenvalue weighted by molar-refractivity contribution is 5.84. The third-order valence-corrected chi connectivity index (χ3v) is 4.50. The zero-order chi connectivity index (χ0) is 18.5. The Morgan fingerprint density at radius 2 is 1.35 bits per heavy atom. The van der Waals surface area contributed by atoms with Crippen LogP contribution < -0.4 is 11.5 Å².